The molecule has 19 heteroatoms. The first-order chi connectivity index (χ1) is 21.3. The number of thiazole rings is 1. The zero-order chi connectivity index (χ0) is 32.6. The number of carboxylic acids is 2. The van der Waals surface area contributed by atoms with Crippen LogP contribution in [-0.2, 0) is 24.0 Å². The van der Waals surface area contributed by atoms with E-state index in [2.05, 4.69) is 36.7 Å². The number of nitrogens with one attached hydrogen (secondary N) is 2. The van der Waals surface area contributed by atoms with Crippen LogP contribution < -0.4 is 16.4 Å². The molecule has 3 heterocycles. The normalized spacial score (nSPS) is 20.7. The summed E-state index contributed by atoms with van der Waals surface area (Å²) >= 11 is 5.19. The van der Waals surface area contributed by atoms with E-state index in [1.165, 1.54) is 11.4 Å². The van der Waals surface area contributed by atoms with E-state index in [0.29, 0.717) is 12.8 Å². The number of aromatic hydroxyl groups is 2. The summed E-state index contributed by atoms with van der Waals surface area (Å²) in [5.41, 5.74) is 3.59. The van der Waals surface area contributed by atoms with Crippen molar-refractivity contribution in [1.29, 1.82) is 0 Å². The molecule has 3 amide bonds. The molecule has 45 heavy (non-hydrogen) atoms. The average Bonchev–Trinajstić information content (AvgIpc) is 3.66. The minimum atomic E-state index is -1.61. The third-order valence-electron chi connectivity index (χ3n) is 7.40. The van der Waals surface area contributed by atoms with E-state index in [-0.39, 0.29) is 57.3 Å². The maximum atomic E-state index is 13.4. The zero-order valence-electron chi connectivity index (χ0n) is 23.0. The van der Waals surface area contributed by atoms with Crippen molar-refractivity contribution in [3.63, 3.8) is 0 Å². The number of fused-ring (bicyclic) bond motifs is 1. The molecule has 0 unspecified atom stereocenters. The van der Waals surface area contributed by atoms with Gasteiger partial charge >= 0.3 is 11.9 Å². The number of thioether (sulfide) groups is 1. The van der Waals surface area contributed by atoms with Crippen molar-refractivity contribution in [1.82, 2.24) is 20.5 Å². The van der Waals surface area contributed by atoms with Gasteiger partial charge in [-0.2, -0.15) is 0 Å². The minimum absolute atomic E-state index is 0.00610. The highest BCUT2D eigenvalue weighted by Crippen LogP contribution is 2.40. The molecular weight excluding hydrogens is 700 g/mol. The van der Waals surface area contributed by atoms with Crippen molar-refractivity contribution < 1.29 is 49.2 Å². The van der Waals surface area contributed by atoms with Crippen LogP contribution in [0.4, 0.5) is 5.13 Å². The topological polar surface area (TPSA) is 254 Å². The lowest BCUT2D eigenvalue weighted by molar-refractivity contribution is -0.165. The number of nitrogens with two attached hydrogens (primary N) is 1. The number of halogens is 1. The summed E-state index contributed by atoms with van der Waals surface area (Å²) in [5.74, 6) is -5.85. The highest BCUT2D eigenvalue weighted by atomic mass is 79.9. The highest BCUT2D eigenvalue weighted by Gasteiger charge is 2.54. The van der Waals surface area contributed by atoms with Crippen molar-refractivity contribution in [2.75, 3.05) is 18.0 Å². The van der Waals surface area contributed by atoms with E-state index in [1.807, 2.05) is 0 Å². The summed E-state index contributed by atoms with van der Waals surface area (Å²) in [6.45, 7) is -0.245. The molecule has 1 aromatic carbocycles. The number of aliphatic carboxylic acids is 2. The van der Waals surface area contributed by atoms with E-state index in [1.54, 1.807) is 0 Å². The fraction of sp³-hybridized carbons (Fsp3) is 0.346. The number of hydrogen-bond acceptors (Lipinski definition) is 13. The molecule has 2 aliphatic heterocycles. The second-order valence-corrected chi connectivity index (χ2v) is 13.1. The average molecular weight is 726 g/mol. The summed E-state index contributed by atoms with van der Waals surface area (Å²) in [4.78, 5) is 73.9. The number of carbonyl (C=O) groups is 5. The summed E-state index contributed by atoms with van der Waals surface area (Å²) in [6, 6.07) is 1.15. The van der Waals surface area contributed by atoms with E-state index < -0.39 is 63.9 Å². The van der Waals surface area contributed by atoms with Gasteiger partial charge in [-0.15, -0.1) is 23.1 Å². The Bertz CT molecular complexity index is 1650. The summed E-state index contributed by atoms with van der Waals surface area (Å²) in [7, 11) is 0. The third-order valence-corrected chi connectivity index (χ3v) is 10.0. The number of hydrogen-bond donors (Lipinski definition) is 7. The van der Waals surface area contributed by atoms with Crippen LogP contribution in [0.3, 0.4) is 0 Å². The van der Waals surface area contributed by atoms with Gasteiger partial charge in [0.25, 0.3) is 17.7 Å². The first kappa shape index (κ1) is 32.0. The Labute approximate surface area is 270 Å². The third kappa shape index (κ3) is 6.14. The Morgan fingerprint density at radius 1 is 1.20 bits per heavy atom. The van der Waals surface area contributed by atoms with Crippen LogP contribution in [0, 0.1) is 0 Å². The Balaban J connectivity index is 1.31. The standard InChI is InChI=1S/C26H25BrN6O10S2/c27-12-5-10(6-14(34)18(12)35)19(36)29-7-11-8-44-22-16(21(38)33(22)17(11)23(39)40)31-20(37)15(13-9-45-25(28)30-13)32-43-26(24(41)42)3-1-2-4-26/h5-6,9,16,22,34-35H,1-4,7-8H2,(H2,28,30)(H,29,36)(H,31,37)(H,39,40)(H,41,42)/b32-15-/t16-,22-/m1/s1. The minimum Gasteiger partial charge on any atom is -0.504 e. The van der Waals surface area contributed by atoms with Crippen LogP contribution in [0.15, 0.2) is 38.4 Å². The van der Waals surface area contributed by atoms with Gasteiger partial charge in [-0.3, -0.25) is 19.3 Å². The fourth-order valence-electron chi connectivity index (χ4n) is 5.06. The van der Waals surface area contributed by atoms with Gasteiger partial charge in [0.1, 0.15) is 22.8 Å². The number of nitrogens with zero attached hydrogens (tertiary/aromatic N) is 3. The number of carbonyl (C=O) groups excluding carboxylic acids is 3. The molecule has 2 aromatic rings. The lowest BCUT2D eigenvalue weighted by Crippen LogP contribution is -2.71. The second kappa shape index (κ2) is 12.6. The number of anilines is 1. The number of rotatable bonds is 10. The monoisotopic (exact) mass is 724 g/mol. The Hall–Kier alpha value is -4.36. The van der Waals surface area contributed by atoms with Gasteiger partial charge in [-0.1, -0.05) is 5.16 Å². The summed E-state index contributed by atoms with van der Waals surface area (Å²) in [6.07, 6.45) is 1.58. The number of benzene rings is 1. The van der Waals surface area contributed by atoms with Crippen LogP contribution in [-0.4, -0.2) is 95.0 Å². The number of phenols is 2. The number of amides is 3. The van der Waals surface area contributed by atoms with Crippen molar-refractivity contribution in [3.8, 4) is 11.5 Å². The van der Waals surface area contributed by atoms with Gasteiger partial charge in [-0.05, 0) is 46.5 Å². The predicted octanol–water partition coefficient (Wildman–Crippen LogP) is 1.19. The SMILES string of the molecule is Nc1nc(/C(=N/OC2(C(=O)O)CCCC2)C(=O)N[C@@H]2C(=O)N3C(C(=O)O)=C(CNC(=O)c4cc(O)c(O)c(Br)c4)CS[C@H]23)cs1. The lowest BCUT2D eigenvalue weighted by atomic mass is 10.0. The van der Waals surface area contributed by atoms with E-state index in [0.717, 1.165) is 34.1 Å². The lowest BCUT2D eigenvalue weighted by Gasteiger charge is -2.49. The fourth-order valence-corrected chi connectivity index (χ4v) is 7.40. The van der Waals surface area contributed by atoms with Crippen LogP contribution in [0.2, 0.25) is 0 Å². The van der Waals surface area contributed by atoms with E-state index in [9.17, 15) is 44.4 Å². The molecule has 1 saturated carbocycles. The largest absolute Gasteiger partial charge is 0.504 e. The molecule has 2 fully saturated rings. The first-order valence-electron chi connectivity index (χ1n) is 13.2. The number of carboxylic acid groups (broad SMARTS) is 2. The molecule has 0 bridgehead atoms. The summed E-state index contributed by atoms with van der Waals surface area (Å²) in [5, 5.41) is 48.8. The van der Waals surface area contributed by atoms with Crippen LogP contribution >= 0.6 is 39.0 Å². The molecule has 1 aliphatic carbocycles. The molecule has 0 spiro atoms. The van der Waals surface area contributed by atoms with Crippen molar-refractivity contribution >= 4 is 79.5 Å². The van der Waals surface area contributed by atoms with Gasteiger partial charge < -0.3 is 41.6 Å². The van der Waals surface area contributed by atoms with E-state index >= 15 is 0 Å². The Morgan fingerprint density at radius 3 is 2.51 bits per heavy atom. The van der Waals surface area contributed by atoms with Crippen molar-refractivity contribution in [2.24, 2.45) is 5.16 Å². The van der Waals surface area contributed by atoms with E-state index in [4.69, 9.17) is 10.6 Å². The molecule has 1 saturated heterocycles. The number of oxime groups is 1. The molecule has 5 rings (SSSR count). The quantitative estimate of drug-likeness (QED) is 0.0788. The van der Waals surface area contributed by atoms with Gasteiger partial charge in [-0.25, -0.2) is 14.6 Å². The maximum Gasteiger partial charge on any atom is 0.352 e. The van der Waals surface area contributed by atoms with Gasteiger partial charge in [0.2, 0.25) is 5.60 Å². The number of β-lactam (4-membered cyclic amide) rings is 1. The van der Waals surface area contributed by atoms with Crippen molar-refractivity contribution in [2.45, 2.75) is 42.7 Å². The molecular formula is C26H25BrN6O10S2. The van der Waals surface area contributed by atoms with Gasteiger partial charge in [0, 0.05) is 36.1 Å². The number of phenolic OH excluding ortho intramolecular Hbond substituents is 2. The van der Waals surface area contributed by atoms with Crippen LogP contribution in [0.25, 0.3) is 0 Å². The Morgan fingerprint density at radius 2 is 1.91 bits per heavy atom. The van der Waals surface area contributed by atoms with Gasteiger partial charge in [0.15, 0.2) is 22.3 Å². The second-order valence-electron chi connectivity index (χ2n) is 10.2. The molecule has 238 valence electrons. The van der Waals surface area contributed by atoms with Crippen LogP contribution in [0.1, 0.15) is 41.7 Å². The molecule has 3 aliphatic rings. The smallest absolute Gasteiger partial charge is 0.352 e. The maximum absolute atomic E-state index is 13.4. The van der Waals surface area contributed by atoms with Gasteiger partial charge in [0.05, 0.1) is 4.47 Å². The number of aromatic nitrogens is 1. The first-order valence-corrected chi connectivity index (χ1v) is 16.0. The molecule has 2 atom stereocenters. The zero-order valence-corrected chi connectivity index (χ0v) is 26.2. The molecule has 16 nitrogen and oxygen atoms in total. The van der Waals surface area contributed by atoms with Crippen LogP contribution in [0.5, 0.6) is 11.5 Å². The molecule has 0 radical (unpaired) electrons. The molecule has 1 aromatic heterocycles. The predicted molar refractivity (Wildman–Crippen MR) is 162 cm³/mol. The van der Waals surface area contributed by atoms with Crippen molar-refractivity contribution in [3.05, 3.63) is 44.5 Å². The highest BCUT2D eigenvalue weighted by molar-refractivity contribution is 9.10. The molecule has 8 N–H and O–H groups in total. The Kier molecular flexibility index (Phi) is 8.95. The number of nitrogen functional groups attached to an aromatic ring is 1. The summed E-state index contributed by atoms with van der Waals surface area (Å²) < 4.78 is 0.0753.